The first-order valence-electron chi connectivity index (χ1n) is 9.76. The minimum absolute atomic E-state index is 0.0248. The molecule has 0 fully saturated rings. The lowest BCUT2D eigenvalue weighted by Crippen LogP contribution is -2.15. The van der Waals surface area contributed by atoms with E-state index in [0.29, 0.717) is 27.6 Å². The first-order valence-corrected chi connectivity index (χ1v) is 11.5. The molecule has 0 bridgehead atoms. The maximum atomic E-state index is 12.9. The molecule has 2 amide bonds. The Morgan fingerprint density at radius 1 is 1.12 bits per heavy atom. The number of carbonyl (C=O) groups excluding carboxylic acids is 2. The Morgan fingerprint density at radius 3 is 2.67 bits per heavy atom. The van der Waals surface area contributed by atoms with Crippen LogP contribution in [-0.4, -0.2) is 21.8 Å². The molecule has 11 heteroatoms. The van der Waals surface area contributed by atoms with Crippen molar-refractivity contribution < 1.29 is 22.8 Å². The van der Waals surface area contributed by atoms with Gasteiger partial charge in [0.1, 0.15) is 5.69 Å². The van der Waals surface area contributed by atoms with E-state index in [9.17, 15) is 22.8 Å². The summed E-state index contributed by atoms with van der Waals surface area (Å²) in [6.07, 6.45) is -4.41. The van der Waals surface area contributed by atoms with E-state index in [2.05, 4.69) is 20.6 Å². The Bertz CT molecular complexity index is 1300. The number of alkyl halides is 3. The highest BCUT2D eigenvalue weighted by Gasteiger charge is 2.30. The largest absolute Gasteiger partial charge is 0.416 e. The molecule has 0 aliphatic carbocycles. The molecule has 170 valence electrons. The number of thiazole rings is 2. The number of halogens is 3. The van der Waals surface area contributed by atoms with E-state index in [-0.39, 0.29) is 18.2 Å². The molecule has 4 aromatic rings. The van der Waals surface area contributed by atoms with Crippen molar-refractivity contribution >= 4 is 55.5 Å². The van der Waals surface area contributed by atoms with Crippen LogP contribution in [0.5, 0.6) is 0 Å². The smallest absolute Gasteiger partial charge is 0.326 e. The number of nitrogens with zero attached hydrogens (tertiary/aromatic N) is 2. The van der Waals surface area contributed by atoms with Gasteiger partial charge in [-0.1, -0.05) is 36.5 Å². The predicted octanol–water partition coefficient (Wildman–Crippen LogP) is 6.16. The molecule has 0 aliphatic heterocycles. The number of fused-ring (bicyclic) bond motifs is 1. The number of rotatable bonds is 6. The van der Waals surface area contributed by atoms with E-state index in [1.165, 1.54) is 28.7 Å². The fraction of sp³-hybridized carbons (Fsp3) is 0.182. The van der Waals surface area contributed by atoms with Crippen molar-refractivity contribution in [3.8, 4) is 0 Å². The number of amides is 2. The van der Waals surface area contributed by atoms with Gasteiger partial charge in [0.05, 0.1) is 21.3 Å². The topological polar surface area (TPSA) is 84.0 Å². The van der Waals surface area contributed by atoms with E-state index in [4.69, 9.17) is 0 Å². The zero-order chi connectivity index (χ0) is 23.6. The highest BCUT2D eigenvalue weighted by Crippen LogP contribution is 2.32. The van der Waals surface area contributed by atoms with Gasteiger partial charge in [-0.2, -0.15) is 13.2 Å². The van der Waals surface area contributed by atoms with Crippen LogP contribution in [-0.2, 0) is 11.0 Å². The van der Waals surface area contributed by atoms with Crippen molar-refractivity contribution in [3.05, 3.63) is 70.2 Å². The molecule has 4 rings (SSSR count). The lowest BCUT2D eigenvalue weighted by molar-refractivity contribution is -0.137. The second kappa shape index (κ2) is 9.28. The van der Waals surface area contributed by atoms with Crippen LogP contribution < -0.4 is 10.6 Å². The molecular formula is C22H17F3N4O2S2. The summed E-state index contributed by atoms with van der Waals surface area (Å²) in [5, 5.41) is 7.51. The molecule has 2 aromatic heterocycles. The highest BCUT2D eigenvalue weighted by molar-refractivity contribution is 7.22. The van der Waals surface area contributed by atoms with Crippen molar-refractivity contribution in [2.45, 2.75) is 25.4 Å². The Kier molecular flexibility index (Phi) is 6.43. The van der Waals surface area contributed by atoms with E-state index in [1.807, 2.05) is 0 Å². The molecule has 0 radical (unpaired) electrons. The summed E-state index contributed by atoms with van der Waals surface area (Å²) in [6, 6.07) is 10.1. The van der Waals surface area contributed by atoms with Gasteiger partial charge >= 0.3 is 6.18 Å². The summed E-state index contributed by atoms with van der Waals surface area (Å²) < 4.78 is 39.6. The average molecular weight is 491 g/mol. The van der Waals surface area contributed by atoms with Gasteiger partial charge in [0.25, 0.3) is 5.91 Å². The van der Waals surface area contributed by atoms with Crippen LogP contribution in [0.25, 0.3) is 10.2 Å². The molecule has 2 heterocycles. The number of anilines is 2. The number of carbonyl (C=O) groups is 2. The lowest BCUT2D eigenvalue weighted by atomic mass is 9.95. The van der Waals surface area contributed by atoms with Gasteiger partial charge in [-0.15, -0.1) is 11.3 Å². The number of nitrogens with one attached hydrogen (secondary N) is 2. The molecule has 6 nitrogen and oxygen atoms in total. The summed E-state index contributed by atoms with van der Waals surface area (Å²) in [7, 11) is 0. The van der Waals surface area contributed by atoms with Gasteiger partial charge < -0.3 is 5.32 Å². The number of hydrogen-bond donors (Lipinski definition) is 2. The summed E-state index contributed by atoms with van der Waals surface area (Å²) >= 11 is 2.57. The molecule has 1 unspecified atom stereocenters. The molecule has 33 heavy (non-hydrogen) atoms. The molecule has 0 saturated heterocycles. The lowest BCUT2D eigenvalue weighted by Gasteiger charge is -2.14. The Labute approximate surface area is 194 Å². The molecular weight excluding hydrogens is 473 g/mol. The molecule has 0 aliphatic rings. The van der Waals surface area contributed by atoms with Crippen LogP contribution in [0.1, 0.15) is 40.9 Å². The fourth-order valence-electron chi connectivity index (χ4n) is 3.17. The van der Waals surface area contributed by atoms with Gasteiger partial charge in [-0.25, -0.2) is 9.97 Å². The summed E-state index contributed by atoms with van der Waals surface area (Å²) in [4.78, 5) is 32.9. The predicted molar refractivity (Wildman–Crippen MR) is 123 cm³/mol. The average Bonchev–Trinajstić information content (AvgIpc) is 3.42. The Balaban J connectivity index is 1.41. The van der Waals surface area contributed by atoms with Crippen LogP contribution in [0, 0.1) is 0 Å². The van der Waals surface area contributed by atoms with Crippen molar-refractivity contribution in [2.75, 3.05) is 10.6 Å². The van der Waals surface area contributed by atoms with Crippen molar-refractivity contribution in [3.63, 3.8) is 0 Å². The van der Waals surface area contributed by atoms with Gasteiger partial charge in [0, 0.05) is 17.5 Å². The number of hydrogen-bond acceptors (Lipinski definition) is 6. The van der Waals surface area contributed by atoms with E-state index >= 15 is 0 Å². The van der Waals surface area contributed by atoms with Gasteiger partial charge in [-0.05, 0) is 35.7 Å². The summed E-state index contributed by atoms with van der Waals surface area (Å²) in [5.74, 6) is -1.07. The van der Waals surface area contributed by atoms with Crippen molar-refractivity contribution in [1.82, 2.24) is 9.97 Å². The van der Waals surface area contributed by atoms with E-state index in [0.717, 1.165) is 16.8 Å². The summed E-state index contributed by atoms with van der Waals surface area (Å²) in [6.45, 7) is 1.71. The van der Waals surface area contributed by atoms with Crippen LogP contribution in [0.4, 0.5) is 24.0 Å². The van der Waals surface area contributed by atoms with Crippen LogP contribution in [0.2, 0.25) is 0 Å². The number of benzene rings is 2. The maximum absolute atomic E-state index is 12.9. The Morgan fingerprint density at radius 2 is 1.94 bits per heavy atom. The zero-order valence-electron chi connectivity index (χ0n) is 17.1. The Hall–Kier alpha value is -3.31. The van der Waals surface area contributed by atoms with Crippen LogP contribution in [0.15, 0.2) is 53.4 Å². The summed E-state index contributed by atoms with van der Waals surface area (Å²) in [5.41, 5.74) is 2.77. The second-order valence-electron chi connectivity index (χ2n) is 7.31. The number of aromatic nitrogens is 2. The van der Waals surface area contributed by atoms with Gasteiger partial charge in [0.2, 0.25) is 5.91 Å². The standard InChI is InChI=1S/C22H17F3N4O2S2/c1-12(13-3-2-4-14(8-13)22(23,24)25)7-19(30)27-15-5-6-16-18(9-15)33-21(28-16)29-20(31)17-10-32-11-26-17/h2-6,8-12H,7H2,1H3,(H,27,30)(H,28,29,31). The SMILES string of the molecule is CC(CC(=O)Nc1ccc2nc(NC(=O)c3cscn3)sc2c1)c1cccc(C(F)(F)F)c1. The third-order valence-electron chi connectivity index (χ3n) is 4.83. The van der Waals surface area contributed by atoms with E-state index in [1.54, 1.807) is 42.1 Å². The molecule has 1 atom stereocenters. The zero-order valence-corrected chi connectivity index (χ0v) is 18.8. The minimum Gasteiger partial charge on any atom is -0.326 e. The quantitative estimate of drug-likeness (QED) is 0.339. The minimum atomic E-state index is -4.43. The van der Waals surface area contributed by atoms with Crippen LogP contribution >= 0.6 is 22.7 Å². The first-order chi connectivity index (χ1) is 15.7. The fourth-order valence-corrected chi connectivity index (χ4v) is 4.60. The monoisotopic (exact) mass is 490 g/mol. The van der Waals surface area contributed by atoms with Crippen LogP contribution in [0.3, 0.4) is 0 Å². The maximum Gasteiger partial charge on any atom is 0.416 e. The molecule has 0 spiro atoms. The highest BCUT2D eigenvalue weighted by atomic mass is 32.1. The van der Waals surface area contributed by atoms with Crippen molar-refractivity contribution in [2.24, 2.45) is 0 Å². The second-order valence-corrected chi connectivity index (χ2v) is 9.06. The van der Waals surface area contributed by atoms with E-state index < -0.39 is 17.7 Å². The third kappa shape index (κ3) is 5.55. The van der Waals surface area contributed by atoms with Crippen molar-refractivity contribution in [1.29, 1.82) is 0 Å². The molecule has 0 saturated carbocycles. The third-order valence-corrected chi connectivity index (χ3v) is 6.35. The van der Waals surface area contributed by atoms with Gasteiger partial charge in [0.15, 0.2) is 5.13 Å². The van der Waals surface area contributed by atoms with Gasteiger partial charge in [-0.3, -0.25) is 14.9 Å². The molecule has 2 N–H and O–H groups in total. The normalized spacial score (nSPS) is 12.5. The molecule has 2 aromatic carbocycles. The first kappa shape index (κ1) is 22.9.